The van der Waals surface area contributed by atoms with Crippen molar-refractivity contribution in [3.05, 3.63) is 70.4 Å². The van der Waals surface area contributed by atoms with Gasteiger partial charge in [0.25, 0.3) is 0 Å². The van der Waals surface area contributed by atoms with Crippen LogP contribution in [0.1, 0.15) is 35.9 Å². The van der Waals surface area contributed by atoms with Crippen molar-refractivity contribution in [1.29, 1.82) is 0 Å². The Labute approximate surface area is 171 Å². The Morgan fingerprint density at radius 3 is 2.86 bits per heavy atom. The molecule has 0 spiro atoms. The highest BCUT2D eigenvalue weighted by molar-refractivity contribution is 9.10. The fourth-order valence-electron chi connectivity index (χ4n) is 2.58. The summed E-state index contributed by atoms with van der Waals surface area (Å²) in [6.07, 6.45) is 4.77. The Morgan fingerprint density at radius 2 is 2.04 bits per heavy atom. The molecule has 28 heavy (non-hydrogen) atoms. The molecule has 0 aliphatic heterocycles. The Balaban J connectivity index is 1.63. The summed E-state index contributed by atoms with van der Waals surface area (Å²) in [7, 11) is 0. The highest BCUT2D eigenvalue weighted by atomic mass is 79.9. The number of amides is 1. The molecule has 0 radical (unpaired) electrons. The number of rotatable bonds is 7. The Morgan fingerprint density at radius 1 is 1.18 bits per heavy atom. The summed E-state index contributed by atoms with van der Waals surface area (Å²) in [6.45, 7) is 2.42. The number of nitrogens with one attached hydrogen (secondary N) is 1. The maximum Gasteiger partial charge on any atom is 0.338 e. The van der Waals surface area contributed by atoms with Gasteiger partial charge in [0, 0.05) is 21.6 Å². The summed E-state index contributed by atoms with van der Waals surface area (Å²) >= 11 is 3.42. The van der Waals surface area contributed by atoms with Gasteiger partial charge in [0.2, 0.25) is 5.91 Å². The van der Waals surface area contributed by atoms with E-state index < -0.39 is 5.97 Å². The van der Waals surface area contributed by atoms with E-state index in [-0.39, 0.29) is 5.91 Å². The van der Waals surface area contributed by atoms with Crippen LogP contribution in [0.25, 0.3) is 17.0 Å². The molecule has 0 fully saturated rings. The van der Waals surface area contributed by atoms with Crippen molar-refractivity contribution >= 4 is 50.5 Å². The van der Waals surface area contributed by atoms with E-state index in [2.05, 4.69) is 21.2 Å². The van der Waals surface area contributed by atoms with Gasteiger partial charge < -0.3 is 14.5 Å². The highest BCUT2D eigenvalue weighted by Gasteiger charge is 2.08. The number of fused-ring (bicyclic) bond motifs is 1. The Kier molecular flexibility index (Phi) is 6.66. The molecule has 3 aromatic rings. The van der Waals surface area contributed by atoms with Crippen molar-refractivity contribution in [3.8, 4) is 0 Å². The number of hydrogen-bond donors (Lipinski definition) is 1. The van der Waals surface area contributed by atoms with Gasteiger partial charge in [0.1, 0.15) is 11.3 Å². The largest absolute Gasteiger partial charge is 0.462 e. The molecule has 0 aliphatic carbocycles. The summed E-state index contributed by atoms with van der Waals surface area (Å²) in [5.41, 5.74) is 1.67. The first kappa shape index (κ1) is 19.9. The SMILES string of the molecule is CCCCOC(=O)c1cccc(NC(=O)/C=C/c2cc3cc(Br)ccc3o2)c1. The molecule has 144 valence electrons. The number of anilines is 1. The third-order valence-electron chi connectivity index (χ3n) is 3.99. The Hall–Kier alpha value is -2.86. The molecular formula is C22H20BrNO4. The number of furan rings is 1. The minimum absolute atomic E-state index is 0.321. The number of benzene rings is 2. The molecule has 1 aromatic heterocycles. The molecule has 0 unspecified atom stereocenters. The lowest BCUT2D eigenvalue weighted by molar-refractivity contribution is -0.111. The molecule has 1 N–H and O–H groups in total. The molecule has 0 aliphatic rings. The molecule has 0 saturated carbocycles. The first-order valence-electron chi connectivity index (χ1n) is 9.00. The predicted molar refractivity (Wildman–Crippen MR) is 113 cm³/mol. The summed E-state index contributed by atoms with van der Waals surface area (Å²) in [4.78, 5) is 24.2. The van der Waals surface area contributed by atoms with Gasteiger partial charge >= 0.3 is 5.97 Å². The van der Waals surface area contributed by atoms with Gasteiger partial charge in [0.05, 0.1) is 12.2 Å². The highest BCUT2D eigenvalue weighted by Crippen LogP contribution is 2.24. The maximum atomic E-state index is 12.2. The van der Waals surface area contributed by atoms with E-state index in [0.29, 0.717) is 23.6 Å². The predicted octanol–water partition coefficient (Wildman–Crippen LogP) is 5.80. The van der Waals surface area contributed by atoms with Crippen LogP contribution in [-0.4, -0.2) is 18.5 Å². The smallest absolute Gasteiger partial charge is 0.338 e. The van der Waals surface area contributed by atoms with Crippen LogP contribution in [-0.2, 0) is 9.53 Å². The first-order valence-corrected chi connectivity index (χ1v) is 9.80. The number of unbranched alkanes of at least 4 members (excludes halogenated alkanes) is 1. The topological polar surface area (TPSA) is 68.5 Å². The van der Waals surface area contributed by atoms with E-state index in [1.54, 1.807) is 30.3 Å². The normalized spacial score (nSPS) is 11.1. The summed E-state index contributed by atoms with van der Waals surface area (Å²) < 4.78 is 11.8. The molecule has 1 heterocycles. The van der Waals surface area contributed by atoms with E-state index in [1.807, 2.05) is 31.2 Å². The fourth-order valence-corrected chi connectivity index (χ4v) is 2.95. The van der Waals surface area contributed by atoms with Gasteiger partial charge in [-0.05, 0) is 55.0 Å². The molecule has 6 heteroatoms. The number of carbonyl (C=O) groups is 2. The van der Waals surface area contributed by atoms with Gasteiger partial charge in [-0.25, -0.2) is 4.79 Å². The molecule has 2 aromatic carbocycles. The standard InChI is InChI=1S/C22H20BrNO4/c1-2-3-11-27-22(26)15-5-4-6-18(13-15)24-21(25)10-8-19-14-16-12-17(23)7-9-20(16)28-19/h4-10,12-14H,2-3,11H2,1H3,(H,24,25)/b10-8+. The number of esters is 1. The Bertz CT molecular complexity index is 1020. The number of hydrogen-bond acceptors (Lipinski definition) is 4. The zero-order valence-corrected chi connectivity index (χ0v) is 17.0. The van der Waals surface area contributed by atoms with E-state index in [4.69, 9.17) is 9.15 Å². The van der Waals surface area contributed by atoms with Gasteiger partial charge in [-0.3, -0.25) is 4.79 Å². The van der Waals surface area contributed by atoms with Crippen LogP contribution >= 0.6 is 15.9 Å². The lowest BCUT2D eigenvalue weighted by atomic mass is 10.2. The lowest BCUT2D eigenvalue weighted by Gasteiger charge is -2.06. The fraction of sp³-hybridized carbons (Fsp3) is 0.182. The monoisotopic (exact) mass is 441 g/mol. The third-order valence-corrected chi connectivity index (χ3v) is 4.49. The van der Waals surface area contributed by atoms with Crippen LogP contribution in [0.4, 0.5) is 5.69 Å². The van der Waals surface area contributed by atoms with Crippen LogP contribution in [0.15, 0.2) is 63.5 Å². The van der Waals surface area contributed by atoms with Crippen LogP contribution in [0.5, 0.6) is 0 Å². The van der Waals surface area contributed by atoms with Crippen LogP contribution < -0.4 is 5.32 Å². The van der Waals surface area contributed by atoms with Crippen LogP contribution in [0, 0.1) is 0 Å². The zero-order valence-electron chi connectivity index (χ0n) is 15.4. The number of carbonyl (C=O) groups excluding carboxylic acids is 2. The summed E-state index contributed by atoms with van der Waals surface area (Å²) in [6, 6.07) is 14.2. The molecule has 5 nitrogen and oxygen atoms in total. The average molecular weight is 442 g/mol. The maximum absolute atomic E-state index is 12.2. The molecule has 1 amide bonds. The summed E-state index contributed by atoms with van der Waals surface area (Å²) in [5.74, 6) is -0.136. The first-order chi connectivity index (χ1) is 13.5. The van der Waals surface area contributed by atoms with Gasteiger partial charge in [-0.15, -0.1) is 0 Å². The van der Waals surface area contributed by atoms with E-state index >= 15 is 0 Å². The number of ether oxygens (including phenoxy) is 1. The van der Waals surface area contributed by atoms with Crippen LogP contribution in [0.3, 0.4) is 0 Å². The minimum Gasteiger partial charge on any atom is -0.462 e. The lowest BCUT2D eigenvalue weighted by Crippen LogP contribution is -2.10. The van der Waals surface area contributed by atoms with Crippen LogP contribution in [0.2, 0.25) is 0 Å². The quantitative estimate of drug-likeness (QED) is 0.285. The number of halogens is 1. The van der Waals surface area contributed by atoms with Crippen molar-refractivity contribution in [2.45, 2.75) is 19.8 Å². The van der Waals surface area contributed by atoms with Crippen molar-refractivity contribution < 1.29 is 18.7 Å². The third kappa shape index (κ3) is 5.33. The van der Waals surface area contributed by atoms with E-state index in [1.165, 1.54) is 6.08 Å². The minimum atomic E-state index is -0.395. The molecule has 3 rings (SSSR count). The summed E-state index contributed by atoms with van der Waals surface area (Å²) in [5, 5.41) is 3.68. The van der Waals surface area contributed by atoms with Crippen molar-refractivity contribution in [2.24, 2.45) is 0 Å². The second-order valence-electron chi connectivity index (χ2n) is 6.22. The van der Waals surface area contributed by atoms with Crippen molar-refractivity contribution in [2.75, 3.05) is 11.9 Å². The van der Waals surface area contributed by atoms with Gasteiger partial charge in [0.15, 0.2) is 0 Å². The van der Waals surface area contributed by atoms with E-state index in [0.717, 1.165) is 28.3 Å². The van der Waals surface area contributed by atoms with Gasteiger partial charge in [-0.2, -0.15) is 0 Å². The molecule has 0 bridgehead atoms. The van der Waals surface area contributed by atoms with Crippen molar-refractivity contribution in [3.63, 3.8) is 0 Å². The van der Waals surface area contributed by atoms with E-state index in [9.17, 15) is 9.59 Å². The molecule has 0 atom stereocenters. The van der Waals surface area contributed by atoms with Gasteiger partial charge in [-0.1, -0.05) is 35.3 Å². The second-order valence-corrected chi connectivity index (χ2v) is 7.14. The second kappa shape index (κ2) is 9.37. The average Bonchev–Trinajstić information content (AvgIpc) is 3.08. The molecule has 0 saturated heterocycles. The molecular weight excluding hydrogens is 422 g/mol. The van der Waals surface area contributed by atoms with Crippen molar-refractivity contribution in [1.82, 2.24) is 0 Å². The zero-order chi connectivity index (χ0) is 19.9.